The predicted molar refractivity (Wildman–Crippen MR) is 166 cm³/mol. The number of carbonyl (C=O) groups excluding carboxylic acids is 2. The van der Waals surface area contributed by atoms with Gasteiger partial charge in [0.05, 0.1) is 30.1 Å². The van der Waals surface area contributed by atoms with E-state index in [1.54, 1.807) is 36.7 Å². The number of alkyl halides is 3. The third kappa shape index (κ3) is 11.8. The maximum Gasteiger partial charge on any atom is 0.425 e. The van der Waals surface area contributed by atoms with E-state index in [9.17, 15) is 22.8 Å². The Morgan fingerprint density at radius 2 is 1.40 bits per heavy atom. The van der Waals surface area contributed by atoms with Gasteiger partial charge < -0.3 is 14.2 Å². The SMILES string of the molecule is CCCCCCCCOc1cnc(-c2ccc(C(=O)Oc3ccc(C(=O)O[C@H](CCCCCC)C(F)(F)F)c(C)c3)cc2)nc1. The molecule has 1 aromatic heterocycles. The summed E-state index contributed by atoms with van der Waals surface area (Å²) in [6, 6.07) is 10.6. The molecule has 1 heterocycles. The Balaban J connectivity index is 1.53. The van der Waals surface area contributed by atoms with Crippen molar-refractivity contribution in [2.24, 2.45) is 0 Å². The van der Waals surface area contributed by atoms with Crippen LogP contribution in [0.1, 0.15) is 111 Å². The van der Waals surface area contributed by atoms with Crippen LogP contribution in [0.2, 0.25) is 0 Å². The van der Waals surface area contributed by atoms with Crippen LogP contribution in [0.4, 0.5) is 13.2 Å². The van der Waals surface area contributed by atoms with Gasteiger partial charge in [-0.1, -0.05) is 77.3 Å². The highest BCUT2D eigenvalue weighted by Crippen LogP contribution is 2.29. The van der Waals surface area contributed by atoms with E-state index >= 15 is 0 Å². The zero-order valence-corrected chi connectivity index (χ0v) is 26.3. The maximum absolute atomic E-state index is 13.5. The van der Waals surface area contributed by atoms with Crippen LogP contribution in [0.3, 0.4) is 0 Å². The molecule has 0 spiro atoms. The monoisotopic (exact) mass is 628 g/mol. The number of benzene rings is 2. The fourth-order valence-corrected chi connectivity index (χ4v) is 4.70. The first-order chi connectivity index (χ1) is 21.6. The molecule has 7 nitrogen and oxygen atoms in total. The van der Waals surface area contributed by atoms with Crippen LogP contribution in [0.5, 0.6) is 11.5 Å². The number of halogens is 3. The molecule has 45 heavy (non-hydrogen) atoms. The van der Waals surface area contributed by atoms with Gasteiger partial charge in [0.1, 0.15) is 5.75 Å². The van der Waals surface area contributed by atoms with Gasteiger partial charge in [-0.2, -0.15) is 13.2 Å². The van der Waals surface area contributed by atoms with Crippen LogP contribution in [0, 0.1) is 6.92 Å². The van der Waals surface area contributed by atoms with Crippen molar-refractivity contribution in [1.29, 1.82) is 0 Å². The number of esters is 2. The van der Waals surface area contributed by atoms with Gasteiger partial charge in [0.25, 0.3) is 0 Å². The summed E-state index contributed by atoms with van der Waals surface area (Å²) < 4.78 is 56.4. The first-order valence-electron chi connectivity index (χ1n) is 15.8. The van der Waals surface area contributed by atoms with Crippen molar-refractivity contribution < 1.29 is 37.0 Å². The molecule has 0 fully saturated rings. The maximum atomic E-state index is 13.5. The van der Waals surface area contributed by atoms with Crippen molar-refractivity contribution in [3.63, 3.8) is 0 Å². The quantitative estimate of drug-likeness (QED) is 0.0788. The molecule has 0 aliphatic carbocycles. The highest BCUT2D eigenvalue weighted by atomic mass is 19.4. The first kappa shape index (κ1) is 35.5. The molecule has 0 bridgehead atoms. The minimum absolute atomic E-state index is 0.0270. The smallest absolute Gasteiger partial charge is 0.425 e. The van der Waals surface area contributed by atoms with Gasteiger partial charge in [-0.3, -0.25) is 0 Å². The average molecular weight is 629 g/mol. The molecule has 0 aliphatic rings. The van der Waals surface area contributed by atoms with Crippen molar-refractivity contribution in [2.45, 2.75) is 104 Å². The Labute approximate surface area is 263 Å². The number of unbranched alkanes of at least 4 members (excludes halogenated alkanes) is 8. The van der Waals surface area contributed by atoms with Crippen molar-refractivity contribution >= 4 is 11.9 Å². The van der Waals surface area contributed by atoms with Crippen molar-refractivity contribution in [3.8, 4) is 22.9 Å². The van der Waals surface area contributed by atoms with E-state index in [0.29, 0.717) is 42.1 Å². The zero-order valence-electron chi connectivity index (χ0n) is 26.3. The van der Waals surface area contributed by atoms with Crippen molar-refractivity contribution in [3.05, 3.63) is 71.5 Å². The lowest BCUT2D eigenvalue weighted by atomic mass is 10.1. The van der Waals surface area contributed by atoms with E-state index in [4.69, 9.17) is 14.2 Å². The lowest BCUT2D eigenvalue weighted by molar-refractivity contribution is -0.206. The molecule has 0 radical (unpaired) electrons. The molecule has 0 aliphatic heterocycles. The molecule has 0 saturated carbocycles. The van der Waals surface area contributed by atoms with Crippen LogP contribution in [0.15, 0.2) is 54.9 Å². The fourth-order valence-electron chi connectivity index (χ4n) is 4.70. The standard InChI is InChI=1S/C35H43F3N2O5/c1-4-6-8-10-11-13-21-43-29-23-39-32(40-24-29)26-15-17-27(18-16-26)33(41)44-28-19-20-30(25(3)22-28)34(42)45-31(35(36,37)38)14-12-9-7-5-2/h15-20,22-24,31H,4-14,21H2,1-3H3/t31-/m1/s1. The van der Waals surface area contributed by atoms with Gasteiger partial charge in [-0.05, 0) is 62.1 Å². The number of hydrogen-bond donors (Lipinski definition) is 0. The fraction of sp³-hybridized carbons (Fsp3) is 0.486. The Bertz CT molecular complexity index is 1340. The molecular formula is C35H43F3N2O5. The second-order valence-corrected chi connectivity index (χ2v) is 11.1. The number of hydrogen-bond acceptors (Lipinski definition) is 7. The van der Waals surface area contributed by atoms with Gasteiger partial charge in [0.15, 0.2) is 17.7 Å². The van der Waals surface area contributed by atoms with Gasteiger partial charge >= 0.3 is 18.1 Å². The Hall–Kier alpha value is -3.95. The summed E-state index contributed by atoms with van der Waals surface area (Å²) in [5, 5.41) is 0. The number of rotatable bonds is 18. The van der Waals surface area contributed by atoms with E-state index in [1.165, 1.54) is 50.8 Å². The third-order valence-electron chi connectivity index (χ3n) is 7.34. The largest absolute Gasteiger partial charge is 0.490 e. The molecule has 3 rings (SSSR count). The zero-order chi connectivity index (χ0) is 32.7. The molecule has 0 unspecified atom stereocenters. The molecule has 0 saturated heterocycles. The summed E-state index contributed by atoms with van der Waals surface area (Å²) in [6.07, 6.45) is 5.88. The van der Waals surface area contributed by atoms with E-state index in [-0.39, 0.29) is 23.3 Å². The summed E-state index contributed by atoms with van der Waals surface area (Å²) in [4.78, 5) is 34.1. The van der Waals surface area contributed by atoms with E-state index in [0.717, 1.165) is 25.7 Å². The lowest BCUT2D eigenvalue weighted by Crippen LogP contribution is -2.34. The number of aromatic nitrogens is 2. The van der Waals surface area contributed by atoms with Crippen LogP contribution >= 0.6 is 0 Å². The molecule has 2 aromatic carbocycles. The molecule has 0 N–H and O–H groups in total. The second-order valence-electron chi connectivity index (χ2n) is 11.1. The Kier molecular flexibility index (Phi) is 14.3. The van der Waals surface area contributed by atoms with Crippen LogP contribution in [0.25, 0.3) is 11.4 Å². The predicted octanol–water partition coefficient (Wildman–Crippen LogP) is 9.47. The first-order valence-corrected chi connectivity index (χ1v) is 15.8. The molecule has 3 aromatic rings. The topological polar surface area (TPSA) is 87.6 Å². The highest BCUT2D eigenvalue weighted by molar-refractivity contribution is 5.93. The minimum atomic E-state index is -4.66. The molecule has 0 amide bonds. The van der Waals surface area contributed by atoms with E-state index < -0.39 is 24.2 Å². The highest BCUT2D eigenvalue weighted by Gasteiger charge is 2.42. The number of nitrogens with zero attached hydrogens (tertiary/aromatic N) is 2. The molecule has 244 valence electrons. The van der Waals surface area contributed by atoms with Gasteiger partial charge in [-0.25, -0.2) is 19.6 Å². The molecule has 1 atom stereocenters. The van der Waals surface area contributed by atoms with Crippen molar-refractivity contribution in [2.75, 3.05) is 6.61 Å². The summed E-state index contributed by atoms with van der Waals surface area (Å²) in [5.74, 6) is -0.485. The second kappa shape index (κ2) is 18.1. The van der Waals surface area contributed by atoms with Gasteiger partial charge in [0, 0.05) is 5.56 Å². The van der Waals surface area contributed by atoms with Crippen molar-refractivity contribution in [1.82, 2.24) is 9.97 Å². The van der Waals surface area contributed by atoms with Crippen LogP contribution in [-0.2, 0) is 4.74 Å². The Morgan fingerprint density at radius 1 is 0.778 bits per heavy atom. The molecular weight excluding hydrogens is 585 g/mol. The normalized spacial score (nSPS) is 12.0. The van der Waals surface area contributed by atoms with Crippen LogP contribution in [-0.4, -0.2) is 40.8 Å². The van der Waals surface area contributed by atoms with Gasteiger partial charge in [-0.15, -0.1) is 0 Å². The summed E-state index contributed by atoms with van der Waals surface area (Å²) >= 11 is 0. The number of aryl methyl sites for hydroxylation is 1. The summed E-state index contributed by atoms with van der Waals surface area (Å²) in [6.45, 7) is 6.32. The lowest BCUT2D eigenvalue weighted by Gasteiger charge is -2.21. The average Bonchev–Trinajstić information content (AvgIpc) is 3.02. The third-order valence-corrected chi connectivity index (χ3v) is 7.34. The summed E-state index contributed by atoms with van der Waals surface area (Å²) in [7, 11) is 0. The summed E-state index contributed by atoms with van der Waals surface area (Å²) in [5.41, 5.74) is 1.27. The Morgan fingerprint density at radius 3 is 2.02 bits per heavy atom. The minimum Gasteiger partial charge on any atom is -0.490 e. The van der Waals surface area contributed by atoms with Crippen LogP contribution < -0.4 is 9.47 Å². The van der Waals surface area contributed by atoms with Gasteiger partial charge in [0.2, 0.25) is 0 Å². The van der Waals surface area contributed by atoms with E-state index in [1.807, 2.05) is 6.92 Å². The molecule has 10 heteroatoms. The number of carbonyl (C=O) groups is 2. The van der Waals surface area contributed by atoms with E-state index in [2.05, 4.69) is 16.9 Å². The number of ether oxygens (including phenoxy) is 3.